The highest BCUT2D eigenvalue weighted by molar-refractivity contribution is 7.55. The van der Waals surface area contributed by atoms with Gasteiger partial charge in [0.05, 0.1) is 24.6 Å². The van der Waals surface area contributed by atoms with Gasteiger partial charge in [0.1, 0.15) is 5.66 Å². The number of nitrogens with zero attached hydrogens (tertiary/aromatic N) is 2. The molecule has 0 fully saturated rings. The Balaban J connectivity index is 2.32. The van der Waals surface area contributed by atoms with Gasteiger partial charge >= 0.3 is 27.4 Å². The maximum Gasteiger partial charge on any atom is 0.418 e. The average molecular weight is 544 g/mol. The minimum atomic E-state index is -3.83. The van der Waals surface area contributed by atoms with Crippen LogP contribution < -0.4 is 9.80 Å². The molecule has 0 aliphatic carbocycles. The fourth-order valence-electron chi connectivity index (χ4n) is 4.13. The zero-order valence-corrected chi connectivity index (χ0v) is 22.7. The molecule has 2 aliphatic rings. The lowest BCUT2D eigenvalue weighted by Gasteiger charge is -2.39. The molecule has 14 heteroatoms. The van der Waals surface area contributed by atoms with Crippen LogP contribution in [0.4, 0.5) is 21.0 Å². The predicted octanol–water partition coefficient (Wildman–Crippen LogP) is 5.51. The lowest BCUT2D eigenvalue weighted by molar-refractivity contribution is 0.158. The highest BCUT2D eigenvalue weighted by atomic mass is 31.2. The Morgan fingerprint density at radius 1 is 0.833 bits per heavy atom. The number of fused-ring (bicyclic) bond motifs is 3. The molecule has 0 saturated heterocycles. The van der Waals surface area contributed by atoms with Crippen LogP contribution in [0.2, 0.25) is 0 Å². The largest absolute Gasteiger partial charge is 0.449 e. The maximum absolute atomic E-state index is 13.5. The molecule has 1 aromatic carbocycles. The van der Waals surface area contributed by atoms with Gasteiger partial charge in [0.2, 0.25) is 0 Å². The third kappa shape index (κ3) is 4.77. The average Bonchev–Trinajstić information content (AvgIpc) is 2.90. The van der Waals surface area contributed by atoms with Crippen LogP contribution in [0, 0.1) is 0 Å². The monoisotopic (exact) mass is 544 g/mol. The first-order chi connectivity index (χ1) is 17.2. The summed E-state index contributed by atoms with van der Waals surface area (Å²) >= 11 is 0. The molecule has 2 aliphatic heterocycles. The number of ether oxygens (including phenoxy) is 2. The molecule has 2 atom stereocenters. The number of benzene rings is 1. The lowest BCUT2D eigenvalue weighted by Crippen LogP contribution is -2.42. The lowest BCUT2D eigenvalue weighted by atomic mass is 9.94. The highest BCUT2D eigenvalue weighted by Crippen LogP contribution is 2.65. The number of allylic oxidation sites excluding steroid dienone is 1. The van der Waals surface area contributed by atoms with Crippen LogP contribution in [0.5, 0.6) is 0 Å². The summed E-state index contributed by atoms with van der Waals surface area (Å²) in [5.41, 5.74) is 0.474. The van der Waals surface area contributed by atoms with E-state index in [1.165, 1.54) is 51.7 Å². The predicted molar refractivity (Wildman–Crippen MR) is 133 cm³/mol. The van der Waals surface area contributed by atoms with Crippen molar-refractivity contribution in [2.75, 3.05) is 51.5 Å². The van der Waals surface area contributed by atoms with Gasteiger partial charge in [-0.1, -0.05) is 6.08 Å². The molecule has 198 valence electrons. The molecular formula is C22H30N2O10P2. The van der Waals surface area contributed by atoms with Crippen LogP contribution in [0.15, 0.2) is 30.5 Å². The van der Waals surface area contributed by atoms with Gasteiger partial charge in [0.25, 0.3) is 0 Å². The second-order valence-corrected chi connectivity index (χ2v) is 12.1. The van der Waals surface area contributed by atoms with Gasteiger partial charge < -0.3 is 27.6 Å². The van der Waals surface area contributed by atoms with Crippen molar-refractivity contribution in [3.8, 4) is 0 Å². The first kappa shape index (κ1) is 28.1. The van der Waals surface area contributed by atoms with Crippen LogP contribution in [0.3, 0.4) is 0 Å². The van der Waals surface area contributed by atoms with E-state index >= 15 is 0 Å². The fourth-order valence-corrected chi connectivity index (χ4v) is 6.99. The van der Waals surface area contributed by atoms with E-state index in [9.17, 15) is 18.7 Å². The van der Waals surface area contributed by atoms with Crippen molar-refractivity contribution in [1.29, 1.82) is 0 Å². The second-order valence-electron chi connectivity index (χ2n) is 7.44. The van der Waals surface area contributed by atoms with Crippen molar-refractivity contribution in [3.05, 3.63) is 41.6 Å². The normalized spacial score (nSPS) is 19.1. The third-order valence-electron chi connectivity index (χ3n) is 5.78. The Morgan fingerprint density at radius 2 is 1.39 bits per heavy atom. The second kappa shape index (κ2) is 11.3. The molecule has 0 radical (unpaired) electrons. The van der Waals surface area contributed by atoms with Crippen molar-refractivity contribution in [1.82, 2.24) is 0 Å². The summed E-state index contributed by atoms with van der Waals surface area (Å²) in [6.45, 7) is 3.51. The van der Waals surface area contributed by atoms with Crippen LogP contribution in [0.1, 0.15) is 30.6 Å². The van der Waals surface area contributed by atoms with Gasteiger partial charge in [0.15, 0.2) is 5.78 Å². The molecular weight excluding hydrogens is 514 g/mol. The molecule has 2 unspecified atom stereocenters. The zero-order chi connectivity index (χ0) is 26.7. The van der Waals surface area contributed by atoms with Crippen molar-refractivity contribution in [3.63, 3.8) is 0 Å². The van der Waals surface area contributed by atoms with Crippen LogP contribution in [0.25, 0.3) is 6.08 Å². The molecule has 3 rings (SSSR count). The molecule has 1 aromatic rings. The quantitative estimate of drug-likeness (QED) is 0.386. The van der Waals surface area contributed by atoms with Crippen molar-refractivity contribution in [2.24, 2.45) is 0 Å². The van der Waals surface area contributed by atoms with Gasteiger partial charge in [-0.3, -0.25) is 18.9 Å². The summed E-state index contributed by atoms with van der Waals surface area (Å²) in [6, 6.07) is 3.12. The molecule has 36 heavy (non-hydrogen) atoms. The number of anilines is 2. The van der Waals surface area contributed by atoms with Gasteiger partial charge in [-0.25, -0.2) is 9.59 Å². The van der Waals surface area contributed by atoms with Crippen LogP contribution in [-0.2, 0) is 36.7 Å². The van der Waals surface area contributed by atoms with E-state index in [1.807, 2.05) is 0 Å². The van der Waals surface area contributed by atoms with Crippen molar-refractivity contribution >= 4 is 44.8 Å². The number of amides is 2. The summed E-state index contributed by atoms with van der Waals surface area (Å²) in [5.74, 6) is -1.15. The Bertz CT molecular complexity index is 1150. The van der Waals surface area contributed by atoms with E-state index in [4.69, 9.17) is 27.6 Å². The van der Waals surface area contributed by atoms with E-state index in [2.05, 4.69) is 0 Å². The molecule has 0 aromatic heterocycles. The molecule has 0 bridgehead atoms. The van der Waals surface area contributed by atoms with Crippen LogP contribution in [-0.4, -0.2) is 59.6 Å². The zero-order valence-electron chi connectivity index (χ0n) is 20.9. The third-order valence-corrected chi connectivity index (χ3v) is 9.98. The number of hydrogen-bond donors (Lipinski definition) is 0. The minimum absolute atomic E-state index is 0.0564. The van der Waals surface area contributed by atoms with E-state index in [0.29, 0.717) is 16.8 Å². The summed E-state index contributed by atoms with van der Waals surface area (Å²) in [6.07, 6.45) is 4.57. The molecule has 0 N–H and O–H groups in total. The Labute approximate surface area is 209 Å². The van der Waals surface area contributed by atoms with E-state index in [0.717, 1.165) is 4.90 Å². The van der Waals surface area contributed by atoms with Gasteiger partial charge in [-0.05, 0) is 38.1 Å². The summed E-state index contributed by atoms with van der Waals surface area (Å²) < 4.78 is 58.2. The Hall–Kier alpha value is -2.46. The van der Waals surface area contributed by atoms with Gasteiger partial charge in [-0.15, -0.1) is 0 Å². The number of rotatable bonds is 8. The van der Waals surface area contributed by atoms with Crippen LogP contribution >= 0.6 is 15.2 Å². The topological polar surface area (TPSA) is 130 Å². The molecule has 0 spiro atoms. The minimum Gasteiger partial charge on any atom is -0.449 e. The van der Waals surface area contributed by atoms with Crippen molar-refractivity contribution < 1.29 is 46.3 Å². The van der Waals surface area contributed by atoms with Gasteiger partial charge in [0, 0.05) is 45.8 Å². The Morgan fingerprint density at radius 3 is 1.94 bits per heavy atom. The van der Waals surface area contributed by atoms with E-state index in [-0.39, 0.29) is 18.9 Å². The first-order valence-electron chi connectivity index (χ1n) is 11.0. The molecule has 0 saturated carbocycles. The number of carbonyl (C=O) groups excluding carboxylic acids is 2. The molecule has 12 nitrogen and oxygen atoms in total. The maximum atomic E-state index is 13.5. The number of carbonyl (C=O) groups is 2. The fraction of sp³-hybridized carbons (Fsp3) is 0.455. The standard InChI is InChI=1S/C22H30N2O10P2/c1-7-33-21(25)23-14-13-18(35(27,29-3)30-4)20-15-9-12-19(36(28,31-5)32-6)24(22(26)34-8-2)16(15)10-11-17(20)23/h9-14,18-19H,7-8H2,1-6H3. The summed E-state index contributed by atoms with van der Waals surface area (Å²) in [4.78, 5) is 28.2. The van der Waals surface area contributed by atoms with Gasteiger partial charge in [-0.2, -0.15) is 0 Å². The molecule has 2 heterocycles. The highest BCUT2D eigenvalue weighted by Gasteiger charge is 2.46. The summed E-state index contributed by atoms with van der Waals surface area (Å²) in [7, 11) is -2.64. The Kier molecular flexibility index (Phi) is 8.82. The SMILES string of the molecule is CCOC(=O)N1C=CC(P(=O)(OC)OC)c2c1ccc1c2C=CC(P(=O)(OC)OC)N1C(=O)OCC. The smallest absolute Gasteiger partial charge is 0.418 e. The van der Waals surface area contributed by atoms with Crippen molar-refractivity contribution in [2.45, 2.75) is 25.3 Å². The molecule has 2 amide bonds. The summed E-state index contributed by atoms with van der Waals surface area (Å²) in [5, 5.41) is 0. The van der Waals surface area contributed by atoms with E-state index in [1.54, 1.807) is 32.1 Å². The van der Waals surface area contributed by atoms with E-state index < -0.39 is 38.8 Å². The number of hydrogen-bond acceptors (Lipinski definition) is 10. The first-order valence-corrected chi connectivity index (χ1v) is 14.3.